The van der Waals surface area contributed by atoms with Crippen LogP contribution in [-0.2, 0) is 0 Å². The van der Waals surface area contributed by atoms with E-state index in [1.807, 2.05) is 0 Å². The zero-order chi connectivity index (χ0) is 14.9. The van der Waals surface area contributed by atoms with Crippen molar-refractivity contribution in [3.63, 3.8) is 0 Å². The lowest BCUT2D eigenvalue weighted by molar-refractivity contribution is -0.388. The molecule has 2 rings (SSSR count). The molecule has 1 aromatic heterocycles. The first kappa shape index (κ1) is 14.4. The Morgan fingerprint density at radius 2 is 2.10 bits per heavy atom. The second-order valence-corrected chi connectivity index (χ2v) is 5.52. The van der Waals surface area contributed by atoms with E-state index >= 15 is 0 Å². The largest absolute Gasteiger partial charge is 0.477 e. The van der Waals surface area contributed by atoms with Gasteiger partial charge in [0.1, 0.15) is 9.77 Å². The maximum absolute atomic E-state index is 13.7. The van der Waals surface area contributed by atoms with Gasteiger partial charge >= 0.3 is 5.97 Å². The Bertz CT molecular complexity index is 702. The molecule has 104 valence electrons. The maximum atomic E-state index is 13.7. The van der Waals surface area contributed by atoms with Crippen molar-refractivity contribution in [2.24, 2.45) is 0 Å². The summed E-state index contributed by atoms with van der Waals surface area (Å²) in [5, 5.41) is 21.0. The molecule has 1 N–H and O–H groups in total. The smallest absolute Gasteiger partial charge is 0.345 e. The van der Waals surface area contributed by atoms with Gasteiger partial charge in [0, 0.05) is 16.3 Å². The van der Waals surface area contributed by atoms with Crippen LogP contribution in [0.4, 0.5) is 14.5 Å². The zero-order valence-corrected chi connectivity index (χ0v) is 11.1. The number of hydrogen-bond acceptors (Lipinski definition) is 5. The van der Waals surface area contributed by atoms with Crippen molar-refractivity contribution < 1.29 is 23.6 Å². The summed E-state index contributed by atoms with van der Waals surface area (Å²) in [5.41, 5.74) is -0.572. The molecule has 0 fully saturated rings. The number of thiophene rings is 1. The summed E-state index contributed by atoms with van der Waals surface area (Å²) in [4.78, 5) is 20.5. The fraction of sp³-hybridized carbons (Fsp3) is 0. The molecule has 0 aliphatic carbocycles. The molecule has 0 aliphatic heterocycles. The van der Waals surface area contributed by atoms with Crippen LogP contribution in [0.15, 0.2) is 33.4 Å². The van der Waals surface area contributed by atoms with Gasteiger partial charge in [-0.3, -0.25) is 10.1 Å². The van der Waals surface area contributed by atoms with Crippen molar-refractivity contribution in [3.8, 4) is 0 Å². The van der Waals surface area contributed by atoms with Gasteiger partial charge in [-0.15, -0.1) is 11.3 Å². The molecule has 0 amide bonds. The molecule has 0 saturated heterocycles. The van der Waals surface area contributed by atoms with E-state index < -0.39 is 33.1 Å². The van der Waals surface area contributed by atoms with Crippen molar-refractivity contribution in [1.29, 1.82) is 0 Å². The number of benzene rings is 1. The number of carbonyl (C=O) groups is 1. The van der Waals surface area contributed by atoms with E-state index in [1.54, 1.807) is 0 Å². The van der Waals surface area contributed by atoms with E-state index in [-0.39, 0.29) is 4.88 Å². The van der Waals surface area contributed by atoms with Crippen LogP contribution < -0.4 is 0 Å². The van der Waals surface area contributed by atoms with Crippen LogP contribution >= 0.6 is 23.1 Å². The van der Waals surface area contributed by atoms with E-state index in [0.717, 1.165) is 17.4 Å². The van der Waals surface area contributed by atoms with Crippen LogP contribution in [0.25, 0.3) is 0 Å². The van der Waals surface area contributed by atoms with Crippen molar-refractivity contribution in [1.82, 2.24) is 0 Å². The molecule has 0 saturated carbocycles. The molecule has 9 heteroatoms. The van der Waals surface area contributed by atoms with Gasteiger partial charge in [-0.25, -0.2) is 13.6 Å². The van der Waals surface area contributed by atoms with Crippen LogP contribution in [0.3, 0.4) is 0 Å². The normalized spacial score (nSPS) is 10.5. The number of halogens is 2. The predicted octanol–water partition coefficient (Wildman–Crippen LogP) is 3.78. The molecule has 20 heavy (non-hydrogen) atoms. The summed E-state index contributed by atoms with van der Waals surface area (Å²) in [5.74, 6) is -3.69. The zero-order valence-electron chi connectivity index (χ0n) is 9.50. The van der Waals surface area contributed by atoms with Gasteiger partial charge in [-0.05, 0) is 12.1 Å². The molecule has 1 aromatic carbocycles. The summed E-state index contributed by atoms with van der Waals surface area (Å²) in [7, 11) is 0. The van der Waals surface area contributed by atoms with Crippen LogP contribution in [-0.4, -0.2) is 16.0 Å². The van der Waals surface area contributed by atoms with Crippen LogP contribution in [0.1, 0.15) is 9.67 Å². The molecule has 0 radical (unpaired) electrons. The first-order chi connectivity index (χ1) is 9.40. The van der Waals surface area contributed by atoms with Crippen molar-refractivity contribution in [2.45, 2.75) is 9.79 Å². The van der Waals surface area contributed by atoms with Gasteiger partial charge in [-0.2, -0.15) is 0 Å². The van der Waals surface area contributed by atoms with E-state index in [9.17, 15) is 23.7 Å². The van der Waals surface area contributed by atoms with Gasteiger partial charge in [0.05, 0.1) is 4.92 Å². The lowest BCUT2D eigenvalue weighted by Gasteiger charge is -2.03. The molecule has 0 unspecified atom stereocenters. The molecule has 2 aromatic rings. The van der Waals surface area contributed by atoms with Crippen molar-refractivity contribution in [2.75, 3.05) is 0 Å². The van der Waals surface area contributed by atoms with Crippen molar-refractivity contribution >= 4 is 34.8 Å². The van der Waals surface area contributed by atoms with Crippen LogP contribution in [0.2, 0.25) is 0 Å². The molecular weight excluding hydrogens is 312 g/mol. The first-order valence-electron chi connectivity index (χ1n) is 5.02. The van der Waals surface area contributed by atoms with E-state index in [2.05, 4.69) is 0 Å². The Balaban J connectivity index is 2.43. The predicted molar refractivity (Wildman–Crippen MR) is 68.4 cm³/mol. The fourth-order valence-electron chi connectivity index (χ4n) is 1.37. The quantitative estimate of drug-likeness (QED) is 0.685. The number of hydrogen-bond donors (Lipinski definition) is 1. The van der Waals surface area contributed by atoms with Crippen LogP contribution in [0.5, 0.6) is 0 Å². The number of carboxylic acids is 1. The highest BCUT2D eigenvalue weighted by Crippen LogP contribution is 2.39. The Kier molecular flexibility index (Phi) is 4.00. The minimum Gasteiger partial charge on any atom is -0.477 e. The highest BCUT2D eigenvalue weighted by Gasteiger charge is 2.23. The third-order valence-corrected chi connectivity index (χ3v) is 4.36. The summed E-state index contributed by atoms with van der Waals surface area (Å²) in [6.07, 6.45) is 0. The van der Waals surface area contributed by atoms with E-state index in [4.69, 9.17) is 5.11 Å². The number of carboxylic acid groups (broad SMARTS) is 1. The highest BCUT2D eigenvalue weighted by atomic mass is 32.2. The van der Waals surface area contributed by atoms with E-state index in [1.165, 1.54) is 11.4 Å². The average molecular weight is 317 g/mol. The number of rotatable bonds is 4. The number of aromatic carboxylic acids is 1. The molecule has 0 aliphatic rings. The van der Waals surface area contributed by atoms with Crippen molar-refractivity contribution in [3.05, 3.63) is 50.2 Å². The third kappa shape index (κ3) is 2.78. The fourth-order valence-corrected chi connectivity index (χ4v) is 3.23. The van der Waals surface area contributed by atoms with Gasteiger partial charge in [0.15, 0.2) is 11.6 Å². The standard InChI is InChI=1S/C11H5F2NO4S2/c12-6-1-2-7(14(17)18)10(9(6)13)20-5-3-8(11(15)16)19-4-5/h1-4H,(H,15,16). The summed E-state index contributed by atoms with van der Waals surface area (Å²) in [6, 6.07) is 2.78. The summed E-state index contributed by atoms with van der Waals surface area (Å²) < 4.78 is 26.8. The van der Waals surface area contributed by atoms with Gasteiger partial charge in [0.25, 0.3) is 5.69 Å². The van der Waals surface area contributed by atoms with Gasteiger partial charge in [0.2, 0.25) is 0 Å². The summed E-state index contributed by atoms with van der Waals surface area (Å²) in [6.45, 7) is 0. The topological polar surface area (TPSA) is 80.4 Å². The molecule has 1 heterocycles. The molecular formula is C11H5F2NO4S2. The Morgan fingerprint density at radius 3 is 2.65 bits per heavy atom. The highest BCUT2D eigenvalue weighted by molar-refractivity contribution is 7.99. The molecule has 0 atom stereocenters. The molecule has 5 nitrogen and oxygen atoms in total. The second kappa shape index (κ2) is 5.55. The Labute approximate surface area is 119 Å². The lowest BCUT2D eigenvalue weighted by atomic mass is 10.3. The van der Waals surface area contributed by atoms with Gasteiger partial charge in [-0.1, -0.05) is 11.8 Å². The third-order valence-electron chi connectivity index (χ3n) is 2.23. The van der Waals surface area contributed by atoms with Crippen LogP contribution in [0, 0.1) is 21.7 Å². The van der Waals surface area contributed by atoms with Gasteiger partial charge < -0.3 is 5.11 Å². The van der Waals surface area contributed by atoms with E-state index in [0.29, 0.717) is 22.7 Å². The Morgan fingerprint density at radius 1 is 1.40 bits per heavy atom. The number of nitro groups is 1. The molecule has 0 spiro atoms. The number of nitro benzene ring substituents is 1. The SMILES string of the molecule is O=C(O)c1cc(Sc2c([N+](=O)[O-])ccc(F)c2F)cs1. The number of nitrogens with zero attached hydrogens (tertiary/aromatic N) is 1. The maximum Gasteiger partial charge on any atom is 0.345 e. The molecule has 0 bridgehead atoms. The monoisotopic (exact) mass is 317 g/mol. The lowest BCUT2D eigenvalue weighted by Crippen LogP contribution is -1.96. The minimum absolute atomic E-state index is 0.00645. The second-order valence-electron chi connectivity index (χ2n) is 3.52. The summed E-state index contributed by atoms with van der Waals surface area (Å²) >= 11 is 1.51. The average Bonchev–Trinajstić information content (AvgIpc) is 2.83. The minimum atomic E-state index is -1.33. The first-order valence-corrected chi connectivity index (χ1v) is 6.72. The Hall–Kier alpha value is -2.00.